The van der Waals surface area contributed by atoms with Crippen LogP contribution in [0.5, 0.6) is 0 Å². The van der Waals surface area contributed by atoms with Crippen LogP contribution >= 0.6 is 0 Å². The van der Waals surface area contributed by atoms with Gasteiger partial charge in [0.2, 0.25) is 0 Å². The Morgan fingerprint density at radius 3 is 0.564 bits per heavy atom. The van der Waals surface area contributed by atoms with Crippen LogP contribution in [0, 0.1) is 47.3 Å². The van der Waals surface area contributed by atoms with Crippen LogP contribution in [0.4, 0.5) is 0 Å². The molecule has 6 aliphatic rings. The van der Waals surface area contributed by atoms with Crippen molar-refractivity contribution >= 4 is 0 Å². The van der Waals surface area contributed by atoms with Crippen molar-refractivity contribution < 1.29 is 88.1 Å². The molecule has 6 aliphatic heterocycles. The van der Waals surface area contributed by atoms with Crippen molar-refractivity contribution in [2.75, 3.05) is 80.3 Å². The summed E-state index contributed by atoms with van der Waals surface area (Å²) in [5.74, 6) is -2.34. The van der Waals surface area contributed by atoms with E-state index in [0.29, 0.717) is 83.6 Å². The Kier molecular flexibility index (Phi) is 59.2. The fourth-order valence-corrected chi connectivity index (χ4v) is 23.8. The van der Waals surface area contributed by atoms with E-state index in [4.69, 9.17) is 56.8 Å². The summed E-state index contributed by atoms with van der Waals surface area (Å²) in [6.45, 7) is 96.7. The predicted octanol–water partition coefficient (Wildman–Crippen LogP) is 30.5. The lowest BCUT2D eigenvalue weighted by Crippen LogP contribution is -2.72. The number of hydrogen-bond acceptors (Lipinski definition) is 24. The zero-order valence-corrected chi connectivity index (χ0v) is 100. The molecule has 0 aromatic heterocycles. The van der Waals surface area contributed by atoms with Gasteiger partial charge in [-0.15, -0.1) is 0 Å². The molecule has 0 aromatic rings. The van der Waals surface area contributed by atoms with Crippen LogP contribution in [0.15, 0.2) is 0 Å². The average molecular weight is 2010 g/mol. The molecule has 6 heterocycles. The summed E-state index contributed by atoms with van der Waals surface area (Å²) in [6.07, 6.45) is 35.8. The topological polar surface area (TPSA) is 252 Å². The predicted molar refractivity (Wildman–Crippen MR) is 577 cm³/mol. The van der Waals surface area contributed by atoms with Crippen molar-refractivity contribution in [3.63, 3.8) is 0 Å². The molecule has 0 bridgehead atoms. The number of hydroxylamine groups is 12. The zero-order valence-electron chi connectivity index (χ0n) is 100. The quantitative estimate of drug-likeness (QED) is 0.0245. The molecule has 0 amide bonds. The van der Waals surface area contributed by atoms with Gasteiger partial charge in [0, 0.05) is 148 Å². The van der Waals surface area contributed by atoms with Crippen LogP contribution in [-0.2, 0) is 56.8 Å². The van der Waals surface area contributed by atoms with E-state index in [2.05, 4.69) is 277 Å². The van der Waals surface area contributed by atoms with E-state index in [-0.39, 0.29) is 102 Å². The fraction of sp³-hybridized carbons (Fsp3) is 1.00. The molecule has 6 saturated heterocycles. The SMILES string of the molecule is CCC1(C)CC(OC)(OC)C(C)C(C)(CC)N1O.CCC1(C)CC(OCC(C)C)(OCC(C)C)C(C)C(C)(CC)N1O.CCCCCCCCOC1(OCCCCCCCC)CC(C)(CC)N(O)C(C)(CC)C1C.CCCCOC1(OCCCC)CC(C)(CC)N(O)C(C)(CC)C1C.CCCOC1(OCCC)CC(C)(CC)N(O)C(C)(CC)C1C.CCOC1(OCC)CC(C)(CC)N(O)C(C)(CC)C1C. The van der Waals surface area contributed by atoms with Gasteiger partial charge in [0.25, 0.3) is 0 Å². The number of piperidine rings is 6. The second-order valence-corrected chi connectivity index (χ2v) is 47.5. The van der Waals surface area contributed by atoms with Gasteiger partial charge in [0.1, 0.15) is 0 Å². The number of ether oxygens (including phenoxy) is 12. The van der Waals surface area contributed by atoms with Crippen molar-refractivity contribution in [2.24, 2.45) is 47.3 Å². The van der Waals surface area contributed by atoms with E-state index in [1.54, 1.807) is 44.6 Å². The first-order valence-corrected chi connectivity index (χ1v) is 57.7. The highest BCUT2D eigenvalue weighted by atomic mass is 16.7. The fourth-order valence-electron chi connectivity index (χ4n) is 23.8. The van der Waals surface area contributed by atoms with Gasteiger partial charge in [-0.1, -0.05) is 271 Å². The smallest absolute Gasteiger partial charge is 0.174 e. The molecule has 18 atom stereocenters. The molecule has 0 aromatic carbocycles. The second-order valence-electron chi connectivity index (χ2n) is 47.5. The lowest BCUT2D eigenvalue weighted by Gasteiger charge is -2.61. The standard InChI is InChI=1S/C28H57NO3.2C20H41NO3.C18H37NO3.C16H33NO3.C14H29NO3/c1-8-12-14-16-18-20-22-31-28(32-23-21-19-17-15-13-9-2)24-26(6,10-3)29(30)27(7,11-4)25(28)5;1-10-18(8)14-20(23-12-15(3)4,24-13-16(5)6)17(7)19(9,11-2)21(18)22;1-8-12-14-23-20(24-15-13-9-2)16-18(6,10-3)21(22)19(7,11-4)17(20)5;1-8-12-21-18(22-13-9-2)14-16(6,10-3)19(20)17(7,11-4)15(18)5;1-8-14(6)12-16(19-10-3,20-11-4)13(5)15(7,9-2)17(14)18;1-8-12(4)10-14(17-6,18-7)11(3)13(5,9-2)15(12)16/h25,30H,8-24H2,1-7H3;15-17,22H,10-14H2,1-9H3;17,22H,8-16H2,1-7H3;15,20H,8-14H2,1-7H3;13,18H,8-12H2,1-7H3;11,16H,8-10H2,1-7H3. The van der Waals surface area contributed by atoms with Gasteiger partial charge in [-0.3, -0.25) is 0 Å². The van der Waals surface area contributed by atoms with Gasteiger partial charge < -0.3 is 88.1 Å². The van der Waals surface area contributed by atoms with E-state index < -0.39 is 34.7 Å². The Morgan fingerprint density at radius 2 is 0.386 bits per heavy atom. The number of methoxy groups -OCH3 is 2. The summed E-state index contributed by atoms with van der Waals surface area (Å²) in [7, 11) is 3.39. The Bertz CT molecular complexity index is 3230. The van der Waals surface area contributed by atoms with Crippen molar-refractivity contribution in [1.29, 1.82) is 0 Å². The minimum Gasteiger partial charge on any atom is -0.353 e. The summed E-state index contributed by atoms with van der Waals surface area (Å²) >= 11 is 0. The molecule has 0 spiro atoms. The van der Waals surface area contributed by atoms with Crippen LogP contribution in [-0.4, -0.2) is 243 Å². The lowest BCUT2D eigenvalue weighted by atomic mass is 9.67. The summed E-state index contributed by atoms with van der Waals surface area (Å²) in [4.78, 5) is 0. The highest BCUT2D eigenvalue weighted by Crippen LogP contribution is 2.59. The van der Waals surface area contributed by atoms with Crippen LogP contribution in [0.3, 0.4) is 0 Å². The van der Waals surface area contributed by atoms with Gasteiger partial charge in [0.15, 0.2) is 34.7 Å². The van der Waals surface area contributed by atoms with Crippen molar-refractivity contribution in [1.82, 2.24) is 30.4 Å². The highest BCUT2D eigenvalue weighted by molar-refractivity contribution is 5.14. The number of unbranched alkanes of at least 4 members (excludes halogenated alkanes) is 12. The van der Waals surface area contributed by atoms with Crippen LogP contribution in [0.1, 0.15) is 522 Å². The van der Waals surface area contributed by atoms with Gasteiger partial charge in [0.05, 0.1) is 72.9 Å². The van der Waals surface area contributed by atoms with Gasteiger partial charge in [-0.25, -0.2) is 0 Å². The first kappa shape index (κ1) is 137. The van der Waals surface area contributed by atoms with Crippen molar-refractivity contribution in [2.45, 2.75) is 623 Å². The largest absolute Gasteiger partial charge is 0.353 e. The molecule has 18 unspecified atom stereocenters. The molecule has 6 fully saturated rings. The Morgan fingerprint density at radius 1 is 0.214 bits per heavy atom. The molecular formula is C116H238N6O18. The molecule has 24 heteroatoms. The molecule has 0 aliphatic carbocycles. The minimum absolute atomic E-state index is 0.0668. The molecule has 0 radical (unpaired) electrons. The van der Waals surface area contributed by atoms with Gasteiger partial charge >= 0.3 is 0 Å². The Balaban J connectivity index is 0.000000848. The molecule has 6 rings (SSSR count). The van der Waals surface area contributed by atoms with E-state index >= 15 is 0 Å². The van der Waals surface area contributed by atoms with E-state index in [0.717, 1.165) is 161 Å². The summed E-state index contributed by atoms with van der Waals surface area (Å²) in [5, 5.41) is 75.2. The van der Waals surface area contributed by atoms with E-state index in [9.17, 15) is 31.2 Å². The van der Waals surface area contributed by atoms with Crippen LogP contribution in [0.25, 0.3) is 0 Å². The molecule has 24 nitrogen and oxygen atoms in total. The van der Waals surface area contributed by atoms with Gasteiger partial charge in [-0.2, -0.15) is 30.4 Å². The molecule has 140 heavy (non-hydrogen) atoms. The Hall–Kier alpha value is -0.960. The zero-order chi connectivity index (χ0) is 108. The highest BCUT2D eigenvalue weighted by Gasteiger charge is 2.68. The third-order valence-electron chi connectivity index (χ3n) is 37.4. The summed E-state index contributed by atoms with van der Waals surface area (Å²) in [5.41, 5.74) is -4.21. The molecular weight excluding hydrogens is 1770 g/mol. The first-order chi connectivity index (χ1) is 65.3. The lowest BCUT2D eigenvalue weighted by molar-refractivity contribution is -0.377. The Labute approximate surface area is 864 Å². The molecule has 840 valence electrons. The maximum absolute atomic E-state index is 11.3. The number of hydrogen-bond donors (Lipinski definition) is 6. The number of rotatable bonds is 54. The average Bonchev–Trinajstić information content (AvgIpc) is 0.732. The monoisotopic (exact) mass is 2000 g/mol. The van der Waals surface area contributed by atoms with Crippen LogP contribution in [0.2, 0.25) is 0 Å². The van der Waals surface area contributed by atoms with Crippen LogP contribution < -0.4 is 0 Å². The first-order valence-electron chi connectivity index (χ1n) is 57.7. The maximum atomic E-state index is 11.3. The number of nitrogens with zero attached hydrogens (tertiary/aromatic N) is 6. The summed E-state index contributed by atoms with van der Waals surface area (Å²) in [6, 6.07) is 0. The minimum atomic E-state index is -0.650. The maximum Gasteiger partial charge on any atom is 0.174 e. The normalized spacial score (nSPS) is 34.5. The van der Waals surface area contributed by atoms with E-state index in [1.807, 2.05) is 13.8 Å². The van der Waals surface area contributed by atoms with E-state index in [1.165, 1.54) is 64.2 Å². The summed E-state index contributed by atoms with van der Waals surface area (Å²) < 4.78 is 75.6. The third kappa shape index (κ3) is 31.7. The third-order valence-corrected chi connectivity index (χ3v) is 37.4. The van der Waals surface area contributed by atoms with Crippen molar-refractivity contribution in [3.8, 4) is 0 Å². The molecule has 6 N–H and O–H groups in total. The van der Waals surface area contributed by atoms with Gasteiger partial charge in [-0.05, 0) is 224 Å². The van der Waals surface area contributed by atoms with Crippen molar-refractivity contribution in [3.05, 3.63) is 0 Å². The second kappa shape index (κ2) is 60.5. The molecule has 0 saturated carbocycles.